The lowest BCUT2D eigenvalue weighted by Crippen LogP contribution is -2.51. The molecular formula is C9H16NO2. The minimum absolute atomic E-state index is 0.698. The average molecular weight is 170 g/mol. The molecule has 2 saturated heterocycles. The lowest BCUT2D eigenvalue weighted by atomic mass is 10.0. The maximum absolute atomic E-state index is 5.23. The second kappa shape index (κ2) is 3.73. The van der Waals surface area contributed by atoms with Gasteiger partial charge in [-0.05, 0) is 12.8 Å². The molecule has 0 saturated carbocycles. The second-order valence-electron chi connectivity index (χ2n) is 3.47. The molecule has 2 heterocycles. The van der Waals surface area contributed by atoms with Crippen molar-refractivity contribution in [2.75, 3.05) is 33.4 Å². The van der Waals surface area contributed by atoms with Gasteiger partial charge in [-0.2, -0.15) is 0 Å². The first-order chi connectivity index (χ1) is 5.90. The number of hydrogen-bond acceptors (Lipinski definition) is 3. The highest BCUT2D eigenvalue weighted by molar-refractivity contribution is 4.90. The second-order valence-corrected chi connectivity index (χ2v) is 3.47. The third-order valence-electron chi connectivity index (χ3n) is 2.78. The molecule has 12 heavy (non-hydrogen) atoms. The molecule has 69 valence electrons. The smallest absolute Gasteiger partial charge is 0.0992 e. The molecule has 3 nitrogen and oxygen atoms in total. The van der Waals surface area contributed by atoms with E-state index in [9.17, 15) is 0 Å². The van der Waals surface area contributed by atoms with Gasteiger partial charge in [0, 0.05) is 20.2 Å². The number of nitrogens with zero attached hydrogens (tertiary/aromatic N) is 1. The number of ether oxygens (including phenoxy) is 2. The van der Waals surface area contributed by atoms with E-state index in [1.165, 1.54) is 6.10 Å². The zero-order valence-electron chi connectivity index (χ0n) is 7.58. The van der Waals surface area contributed by atoms with Gasteiger partial charge in [-0.1, -0.05) is 0 Å². The summed E-state index contributed by atoms with van der Waals surface area (Å²) in [6, 6.07) is 0.698. The first-order valence-corrected chi connectivity index (χ1v) is 4.60. The van der Waals surface area contributed by atoms with Crippen LogP contribution in [-0.2, 0) is 9.47 Å². The number of methoxy groups -OCH3 is 1. The van der Waals surface area contributed by atoms with E-state index in [0.717, 1.165) is 39.1 Å². The van der Waals surface area contributed by atoms with Crippen LogP contribution in [0.2, 0.25) is 0 Å². The summed E-state index contributed by atoms with van der Waals surface area (Å²) in [6.07, 6.45) is 3.46. The minimum atomic E-state index is 0.698. The zero-order valence-corrected chi connectivity index (χ0v) is 7.58. The fourth-order valence-electron chi connectivity index (χ4n) is 1.78. The van der Waals surface area contributed by atoms with Crippen molar-refractivity contribution in [2.24, 2.45) is 0 Å². The van der Waals surface area contributed by atoms with Crippen molar-refractivity contribution in [3.63, 3.8) is 0 Å². The molecule has 0 aromatic heterocycles. The van der Waals surface area contributed by atoms with E-state index in [0.29, 0.717) is 6.04 Å². The molecule has 2 aliphatic heterocycles. The fraction of sp³-hybridized carbons (Fsp3) is 0.889. The Morgan fingerprint density at radius 1 is 1.33 bits per heavy atom. The van der Waals surface area contributed by atoms with E-state index in [4.69, 9.17) is 9.47 Å². The number of piperidine rings is 1. The van der Waals surface area contributed by atoms with Crippen molar-refractivity contribution in [1.82, 2.24) is 4.90 Å². The summed E-state index contributed by atoms with van der Waals surface area (Å²) >= 11 is 0. The average Bonchev–Trinajstić information content (AvgIpc) is 2.03. The van der Waals surface area contributed by atoms with Crippen LogP contribution in [0, 0.1) is 6.10 Å². The monoisotopic (exact) mass is 170 g/mol. The molecule has 2 rings (SSSR count). The number of hydrogen-bond donors (Lipinski definition) is 0. The third kappa shape index (κ3) is 1.63. The van der Waals surface area contributed by atoms with Crippen molar-refractivity contribution in [3.05, 3.63) is 6.10 Å². The highest BCUT2D eigenvalue weighted by Crippen LogP contribution is 2.23. The van der Waals surface area contributed by atoms with Gasteiger partial charge < -0.3 is 9.47 Å². The quantitative estimate of drug-likeness (QED) is 0.607. The van der Waals surface area contributed by atoms with Crippen LogP contribution < -0.4 is 0 Å². The molecule has 0 atom stereocenters. The van der Waals surface area contributed by atoms with E-state index in [-0.39, 0.29) is 0 Å². The Balaban J connectivity index is 1.74. The summed E-state index contributed by atoms with van der Waals surface area (Å²) in [5.74, 6) is 0. The molecule has 0 aromatic rings. The Kier molecular flexibility index (Phi) is 2.63. The molecular weight excluding hydrogens is 154 g/mol. The first kappa shape index (κ1) is 8.48. The fourth-order valence-corrected chi connectivity index (χ4v) is 1.78. The van der Waals surface area contributed by atoms with Crippen LogP contribution >= 0.6 is 0 Å². The van der Waals surface area contributed by atoms with E-state index < -0.39 is 0 Å². The Morgan fingerprint density at radius 2 is 2.00 bits per heavy atom. The Bertz CT molecular complexity index is 139. The molecule has 0 aliphatic carbocycles. The van der Waals surface area contributed by atoms with Gasteiger partial charge >= 0.3 is 0 Å². The standard InChI is InChI=1S/C9H16NO2/c1-11-9-2-4-10(5-3-9)8-6-12-7-8/h8H,2-7H2,1H3. The lowest BCUT2D eigenvalue weighted by molar-refractivity contribution is -0.0735. The van der Waals surface area contributed by atoms with Gasteiger partial charge in [-0.15, -0.1) is 0 Å². The molecule has 0 spiro atoms. The molecule has 3 heteroatoms. The van der Waals surface area contributed by atoms with E-state index in [1.807, 2.05) is 0 Å². The SMILES string of the molecule is CO[C]1CCN(C2COC2)CC1. The maximum atomic E-state index is 5.23. The molecule has 0 N–H and O–H groups in total. The Labute approximate surface area is 73.6 Å². The Hall–Kier alpha value is -0.120. The lowest BCUT2D eigenvalue weighted by Gasteiger charge is -2.40. The van der Waals surface area contributed by atoms with Crippen molar-refractivity contribution < 1.29 is 9.47 Å². The van der Waals surface area contributed by atoms with Crippen molar-refractivity contribution >= 4 is 0 Å². The van der Waals surface area contributed by atoms with Crippen molar-refractivity contribution in [2.45, 2.75) is 18.9 Å². The molecule has 0 bridgehead atoms. The van der Waals surface area contributed by atoms with Crippen LogP contribution in [0.3, 0.4) is 0 Å². The van der Waals surface area contributed by atoms with E-state index >= 15 is 0 Å². The largest absolute Gasteiger partial charge is 0.378 e. The van der Waals surface area contributed by atoms with E-state index in [1.54, 1.807) is 7.11 Å². The summed E-state index contributed by atoms with van der Waals surface area (Å²) in [4.78, 5) is 2.51. The van der Waals surface area contributed by atoms with Crippen LogP contribution in [0.4, 0.5) is 0 Å². The zero-order chi connectivity index (χ0) is 8.39. The third-order valence-corrected chi connectivity index (χ3v) is 2.78. The highest BCUT2D eigenvalue weighted by Gasteiger charge is 2.29. The van der Waals surface area contributed by atoms with Crippen LogP contribution in [0.5, 0.6) is 0 Å². The summed E-state index contributed by atoms with van der Waals surface area (Å²) in [5, 5.41) is 0. The highest BCUT2D eigenvalue weighted by atomic mass is 16.5. The first-order valence-electron chi connectivity index (χ1n) is 4.60. The molecule has 0 unspecified atom stereocenters. The van der Waals surface area contributed by atoms with Gasteiger partial charge in [0.15, 0.2) is 0 Å². The van der Waals surface area contributed by atoms with Crippen LogP contribution in [-0.4, -0.2) is 44.4 Å². The summed E-state index contributed by atoms with van der Waals surface area (Å²) in [5.41, 5.74) is 0. The van der Waals surface area contributed by atoms with Crippen LogP contribution in [0.15, 0.2) is 0 Å². The van der Waals surface area contributed by atoms with Gasteiger partial charge in [-0.3, -0.25) is 4.90 Å². The normalized spacial score (nSPS) is 28.8. The maximum Gasteiger partial charge on any atom is 0.0992 e. The molecule has 0 aromatic carbocycles. The predicted octanol–water partition coefficient (Wildman–Crippen LogP) is 0.659. The van der Waals surface area contributed by atoms with Gasteiger partial charge in [0.05, 0.1) is 25.4 Å². The molecule has 1 radical (unpaired) electrons. The minimum Gasteiger partial charge on any atom is -0.378 e. The van der Waals surface area contributed by atoms with Gasteiger partial charge in [0.2, 0.25) is 0 Å². The summed E-state index contributed by atoms with van der Waals surface area (Å²) in [7, 11) is 1.78. The molecule has 2 fully saturated rings. The number of rotatable bonds is 2. The van der Waals surface area contributed by atoms with E-state index in [2.05, 4.69) is 4.90 Å². The topological polar surface area (TPSA) is 21.7 Å². The van der Waals surface area contributed by atoms with Crippen LogP contribution in [0.1, 0.15) is 12.8 Å². The van der Waals surface area contributed by atoms with Crippen molar-refractivity contribution in [1.29, 1.82) is 0 Å². The van der Waals surface area contributed by atoms with Crippen molar-refractivity contribution in [3.8, 4) is 0 Å². The van der Waals surface area contributed by atoms with Gasteiger partial charge in [-0.25, -0.2) is 0 Å². The van der Waals surface area contributed by atoms with Gasteiger partial charge in [0.1, 0.15) is 0 Å². The molecule has 0 amide bonds. The van der Waals surface area contributed by atoms with Crippen LogP contribution in [0.25, 0.3) is 0 Å². The molecule has 2 aliphatic rings. The summed E-state index contributed by atoms with van der Waals surface area (Å²) < 4.78 is 10.4. The Morgan fingerprint density at radius 3 is 2.42 bits per heavy atom. The summed E-state index contributed by atoms with van der Waals surface area (Å²) in [6.45, 7) is 4.17. The predicted molar refractivity (Wildman–Crippen MR) is 45.7 cm³/mol. The van der Waals surface area contributed by atoms with Gasteiger partial charge in [0.25, 0.3) is 0 Å². The number of likely N-dealkylation sites (tertiary alicyclic amines) is 1.